The Labute approximate surface area is 167 Å². The molecule has 0 radical (unpaired) electrons. The molecule has 148 valence electrons. The van der Waals surface area contributed by atoms with Crippen molar-refractivity contribution < 1.29 is 0 Å². The van der Waals surface area contributed by atoms with E-state index in [1.807, 2.05) is 42.6 Å². The predicted molar refractivity (Wildman–Crippen MR) is 107 cm³/mol. The number of rotatable bonds is 4. The molecule has 0 aromatic carbocycles. The fourth-order valence-corrected chi connectivity index (χ4v) is 4.53. The Morgan fingerprint density at radius 3 is 2.24 bits per heavy atom. The first-order chi connectivity index (χ1) is 14.1. The molecule has 2 aliphatic rings. The molecule has 5 heterocycles. The van der Waals surface area contributed by atoms with Crippen LogP contribution >= 0.6 is 0 Å². The van der Waals surface area contributed by atoms with Crippen molar-refractivity contribution in [3.63, 3.8) is 0 Å². The molecule has 1 fully saturated rings. The molecule has 29 heavy (non-hydrogen) atoms. The van der Waals surface area contributed by atoms with Gasteiger partial charge in [-0.05, 0) is 43.7 Å². The van der Waals surface area contributed by atoms with E-state index in [-0.39, 0.29) is 12.0 Å². The third-order valence-electron chi connectivity index (χ3n) is 6.00. The molecule has 1 saturated heterocycles. The van der Waals surface area contributed by atoms with Gasteiger partial charge in [-0.15, -0.1) is 0 Å². The summed E-state index contributed by atoms with van der Waals surface area (Å²) < 4.78 is 2.87. The second kappa shape index (κ2) is 7.04. The second-order valence-electron chi connectivity index (χ2n) is 7.88. The van der Waals surface area contributed by atoms with Gasteiger partial charge >= 0.3 is 11.1 Å². The Hall–Kier alpha value is -3.13. The lowest BCUT2D eigenvalue weighted by atomic mass is 9.85. The molecule has 1 atom stereocenters. The van der Waals surface area contributed by atoms with Crippen LogP contribution in [0.25, 0.3) is 0 Å². The minimum absolute atomic E-state index is 0.187. The molecule has 0 unspecified atom stereocenters. The highest BCUT2D eigenvalue weighted by molar-refractivity contribution is 5.18. The molecular weight excluding hydrogens is 368 g/mol. The van der Waals surface area contributed by atoms with Crippen molar-refractivity contribution in [3.8, 4) is 0 Å². The van der Waals surface area contributed by atoms with Crippen LogP contribution in [0.4, 0.5) is 0 Å². The minimum Gasteiger partial charge on any atom is -0.296 e. The summed E-state index contributed by atoms with van der Waals surface area (Å²) in [4.78, 5) is 36.3. The zero-order valence-corrected chi connectivity index (χ0v) is 16.1. The number of pyridine rings is 2. The number of aromatic nitrogens is 5. The van der Waals surface area contributed by atoms with Crippen molar-refractivity contribution in [1.29, 1.82) is 0 Å². The number of hydrogen-bond acceptors (Lipinski definition) is 6. The van der Waals surface area contributed by atoms with Gasteiger partial charge in [0.25, 0.3) is 0 Å². The van der Waals surface area contributed by atoms with Crippen LogP contribution in [0.2, 0.25) is 0 Å². The predicted octanol–water partition coefficient (Wildman–Crippen LogP) is 0.791. The summed E-state index contributed by atoms with van der Waals surface area (Å²) in [6.45, 7) is 3.28. The van der Waals surface area contributed by atoms with Gasteiger partial charge in [0.05, 0.1) is 17.9 Å². The quantitative estimate of drug-likeness (QED) is 0.613. The third-order valence-corrected chi connectivity index (χ3v) is 6.00. The van der Waals surface area contributed by atoms with Crippen LogP contribution in [-0.2, 0) is 25.0 Å². The van der Waals surface area contributed by atoms with Crippen LogP contribution in [0.15, 0.2) is 58.4 Å². The standard InChI is InChI=1S/C21H22N6O2/c28-18-19(29)27(14-17-6-2-4-10-23-17)24-20-21(8-12-26(18)20)7-11-25(15-21)13-16-5-1-3-9-22-16/h1-6,9-10H,7-8,11-15H2/t21-/m1/s1. The summed E-state index contributed by atoms with van der Waals surface area (Å²) in [7, 11) is 0. The maximum Gasteiger partial charge on any atom is 0.332 e. The number of likely N-dealkylation sites (tertiary alicyclic amines) is 1. The van der Waals surface area contributed by atoms with E-state index in [2.05, 4.69) is 20.0 Å². The first-order valence-corrected chi connectivity index (χ1v) is 9.89. The van der Waals surface area contributed by atoms with Gasteiger partial charge in [-0.2, -0.15) is 5.10 Å². The average Bonchev–Trinajstić information content (AvgIpc) is 3.32. The van der Waals surface area contributed by atoms with Gasteiger partial charge in [0, 0.05) is 37.4 Å². The molecule has 8 nitrogen and oxygen atoms in total. The highest BCUT2D eigenvalue weighted by atomic mass is 16.2. The molecule has 0 N–H and O–H groups in total. The van der Waals surface area contributed by atoms with Crippen LogP contribution in [0.3, 0.4) is 0 Å². The topological polar surface area (TPSA) is 85.9 Å². The van der Waals surface area contributed by atoms with Crippen molar-refractivity contribution in [2.75, 3.05) is 13.1 Å². The van der Waals surface area contributed by atoms with Gasteiger partial charge in [-0.1, -0.05) is 12.1 Å². The molecule has 0 saturated carbocycles. The van der Waals surface area contributed by atoms with Crippen LogP contribution in [0, 0.1) is 0 Å². The Bertz CT molecular complexity index is 1140. The van der Waals surface area contributed by atoms with Gasteiger partial charge < -0.3 is 0 Å². The Morgan fingerprint density at radius 2 is 1.55 bits per heavy atom. The lowest BCUT2D eigenvalue weighted by Crippen LogP contribution is -2.45. The fourth-order valence-electron chi connectivity index (χ4n) is 4.53. The molecule has 2 aliphatic heterocycles. The molecule has 8 heteroatoms. The summed E-state index contributed by atoms with van der Waals surface area (Å²) in [5, 5.41) is 4.67. The Kier molecular flexibility index (Phi) is 4.35. The highest BCUT2D eigenvalue weighted by Crippen LogP contribution is 2.40. The van der Waals surface area contributed by atoms with Crippen molar-refractivity contribution in [3.05, 3.63) is 86.7 Å². The van der Waals surface area contributed by atoms with E-state index in [9.17, 15) is 9.59 Å². The normalized spacial score (nSPS) is 21.0. The van der Waals surface area contributed by atoms with E-state index in [4.69, 9.17) is 0 Å². The maximum atomic E-state index is 12.7. The summed E-state index contributed by atoms with van der Waals surface area (Å²) >= 11 is 0. The molecule has 1 spiro atoms. The zero-order valence-electron chi connectivity index (χ0n) is 16.1. The summed E-state index contributed by atoms with van der Waals surface area (Å²) in [5.41, 5.74) is 0.494. The molecule has 0 amide bonds. The van der Waals surface area contributed by atoms with Crippen molar-refractivity contribution >= 4 is 0 Å². The average molecular weight is 390 g/mol. The van der Waals surface area contributed by atoms with Crippen molar-refractivity contribution in [2.45, 2.75) is 37.9 Å². The van der Waals surface area contributed by atoms with E-state index >= 15 is 0 Å². The summed E-state index contributed by atoms with van der Waals surface area (Å²) in [6.07, 6.45) is 5.24. The minimum atomic E-state index is -0.584. The summed E-state index contributed by atoms with van der Waals surface area (Å²) in [5.74, 6) is 0.738. The molecule has 0 aliphatic carbocycles. The molecule has 3 aromatic rings. The zero-order chi connectivity index (χ0) is 19.8. The van der Waals surface area contributed by atoms with Gasteiger partial charge in [-0.3, -0.25) is 29.0 Å². The van der Waals surface area contributed by atoms with Gasteiger partial charge in [0.1, 0.15) is 5.82 Å². The molecule has 0 bridgehead atoms. The lowest BCUT2D eigenvalue weighted by molar-refractivity contribution is 0.294. The third kappa shape index (κ3) is 3.19. The van der Waals surface area contributed by atoms with Crippen molar-refractivity contribution in [1.82, 2.24) is 29.2 Å². The van der Waals surface area contributed by atoms with Crippen LogP contribution in [-0.4, -0.2) is 42.3 Å². The van der Waals surface area contributed by atoms with Gasteiger partial charge in [0.15, 0.2) is 0 Å². The van der Waals surface area contributed by atoms with E-state index in [1.165, 1.54) is 4.68 Å². The Morgan fingerprint density at radius 1 is 0.862 bits per heavy atom. The highest BCUT2D eigenvalue weighted by Gasteiger charge is 2.47. The monoisotopic (exact) mass is 390 g/mol. The van der Waals surface area contributed by atoms with Crippen LogP contribution < -0.4 is 11.1 Å². The SMILES string of the molecule is O=c1c(=O)n2c(nn1Cc1ccccn1)[C@]1(CCN(Cc3ccccn3)C1)CC2. The Balaban J connectivity index is 1.46. The van der Waals surface area contributed by atoms with Crippen LogP contribution in [0.5, 0.6) is 0 Å². The largest absolute Gasteiger partial charge is 0.332 e. The lowest BCUT2D eigenvalue weighted by Gasteiger charge is -2.23. The second-order valence-corrected chi connectivity index (χ2v) is 7.88. The number of fused-ring (bicyclic) bond motifs is 2. The molecular formula is C21H22N6O2. The van der Waals surface area contributed by atoms with Gasteiger partial charge in [0.2, 0.25) is 0 Å². The van der Waals surface area contributed by atoms with Crippen molar-refractivity contribution in [2.24, 2.45) is 0 Å². The smallest absolute Gasteiger partial charge is 0.296 e. The summed E-state index contributed by atoms with van der Waals surface area (Å²) in [6, 6.07) is 11.5. The van der Waals surface area contributed by atoms with Crippen LogP contribution in [0.1, 0.15) is 30.1 Å². The van der Waals surface area contributed by atoms with E-state index in [0.29, 0.717) is 12.2 Å². The van der Waals surface area contributed by atoms with E-state index in [1.54, 1.807) is 10.8 Å². The van der Waals surface area contributed by atoms with E-state index < -0.39 is 11.1 Å². The number of nitrogens with zero attached hydrogens (tertiary/aromatic N) is 6. The maximum absolute atomic E-state index is 12.7. The van der Waals surface area contributed by atoms with Gasteiger partial charge in [-0.25, -0.2) is 4.68 Å². The molecule has 5 rings (SSSR count). The first-order valence-electron chi connectivity index (χ1n) is 9.89. The first kappa shape index (κ1) is 17.9. The fraction of sp³-hybridized carbons (Fsp3) is 0.381. The number of hydrogen-bond donors (Lipinski definition) is 0. The van der Waals surface area contributed by atoms with E-state index in [0.717, 1.165) is 44.0 Å². The molecule has 3 aromatic heterocycles.